The van der Waals surface area contributed by atoms with Crippen LogP contribution in [0.1, 0.15) is 25.7 Å². The van der Waals surface area contributed by atoms with E-state index in [9.17, 15) is 0 Å². The monoisotopic (exact) mass is 195 g/mol. The zero-order valence-electron chi connectivity index (χ0n) is 8.35. The van der Waals surface area contributed by atoms with Crippen LogP contribution in [0.3, 0.4) is 0 Å². The molecule has 1 atom stereocenters. The first-order valence-corrected chi connectivity index (χ1v) is 5.29. The number of hydrogen-bond acceptors (Lipinski definition) is 4. The molecule has 0 aliphatic carbocycles. The molecule has 0 spiro atoms. The highest BCUT2D eigenvalue weighted by atomic mass is 16.5. The van der Waals surface area contributed by atoms with Crippen LogP contribution in [0.4, 0.5) is 5.82 Å². The predicted octanol–water partition coefficient (Wildman–Crippen LogP) is 1.38. The molecular formula is C10H17N3O. The Balaban J connectivity index is 2.06. The highest BCUT2D eigenvalue weighted by Crippen LogP contribution is 2.24. The van der Waals surface area contributed by atoms with Gasteiger partial charge in [0.2, 0.25) is 0 Å². The van der Waals surface area contributed by atoms with E-state index in [4.69, 9.17) is 10.3 Å². The Kier molecular flexibility index (Phi) is 3.03. The van der Waals surface area contributed by atoms with E-state index in [2.05, 4.69) is 10.1 Å². The van der Waals surface area contributed by atoms with E-state index in [-0.39, 0.29) is 0 Å². The molecule has 4 heteroatoms. The molecule has 0 aromatic carbocycles. The summed E-state index contributed by atoms with van der Waals surface area (Å²) in [6.45, 7) is 1.83. The number of anilines is 1. The van der Waals surface area contributed by atoms with Crippen LogP contribution in [0.5, 0.6) is 0 Å². The van der Waals surface area contributed by atoms with Gasteiger partial charge in [-0.2, -0.15) is 0 Å². The lowest BCUT2D eigenvalue weighted by atomic mass is 9.99. The van der Waals surface area contributed by atoms with Crippen LogP contribution in [-0.4, -0.2) is 24.3 Å². The van der Waals surface area contributed by atoms with Crippen LogP contribution in [-0.2, 0) is 0 Å². The van der Waals surface area contributed by atoms with Crippen molar-refractivity contribution in [1.82, 2.24) is 5.16 Å². The second kappa shape index (κ2) is 4.46. The fourth-order valence-corrected chi connectivity index (χ4v) is 2.15. The summed E-state index contributed by atoms with van der Waals surface area (Å²) in [6.07, 6.45) is 6.45. The number of aromatic nitrogens is 1. The largest absolute Gasteiger partial charge is 0.363 e. The molecule has 14 heavy (non-hydrogen) atoms. The van der Waals surface area contributed by atoms with Gasteiger partial charge in [0.15, 0.2) is 5.82 Å². The van der Waals surface area contributed by atoms with E-state index >= 15 is 0 Å². The molecule has 1 aromatic heterocycles. The number of rotatable bonds is 3. The lowest BCUT2D eigenvalue weighted by molar-refractivity contribution is 0.398. The van der Waals surface area contributed by atoms with E-state index in [1.54, 1.807) is 6.26 Å². The van der Waals surface area contributed by atoms with Crippen molar-refractivity contribution in [1.29, 1.82) is 0 Å². The lowest BCUT2D eigenvalue weighted by Gasteiger charge is -2.35. The fourth-order valence-electron chi connectivity index (χ4n) is 2.15. The molecule has 0 radical (unpaired) electrons. The molecule has 1 aromatic rings. The number of hydrogen-bond donors (Lipinski definition) is 1. The van der Waals surface area contributed by atoms with Crippen molar-refractivity contribution in [3.63, 3.8) is 0 Å². The molecule has 0 amide bonds. The Morgan fingerprint density at radius 2 is 2.50 bits per heavy atom. The summed E-state index contributed by atoms with van der Waals surface area (Å²) < 4.78 is 4.87. The predicted molar refractivity (Wildman–Crippen MR) is 55.2 cm³/mol. The number of nitrogens with two attached hydrogens (primary N) is 1. The van der Waals surface area contributed by atoms with Gasteiger partial charge in [-0.05, 0) is 32.2 Å². The zero-order chi connectivity index (χ0) is 9.80. The van der Waals surface area contributed by atoms with Crippen molar-refractivity contribution in [2.24, 2.45) is 5.73 Å². The highest BCUT2D eigenvalue weighted by Gasteiger charge is 2.23. The van der Waals surface area contributed by atoms with Gasteiger partial charge in [-0.25, -0.2) is 0 Å². The van der Waals surface area contributed by atoms with Gasteiger partial charge in [-0.3, -0.25) is 0 Å². The van der Waals surface area contributed by atoms with Crippen molar-refractivity contribution >= 4 is 5.82 Å². The van der Waals surface area contributed by atoms with Gasteiger partial charge < -0.3 is 15.2 Å². The zero-order valence-corrected chi connectivity index (χ0v) is 8.35. The SMILES string of the molecule is NCCC1CCCCN1c1ccon1. The third-order valence-corrected chi connectivity index (χ3v) is 2.85. The maximum Gasteiger partial charge on any atom is 0.172 e. The fraction of sp³-hybridized carbons (Fsp3) is 0.700. The smallest absolute Gasteiger partial charge is 0.172 e. The van der Waals surface area contributed by atoms with Crippen molar-refractivity contribution in [2.75, 3.05) is 18.0 Å². The third-order valence-electron chi connectivity index (χ3n) is 2.85. The van der Waals surface area contributed by atoms with Crippen LogP contribution in [0.15, 0.2) is 16.9 Å². The molecule has 2 rings (SSSR count). The van der Waals surface area contributed by atoms with Crippen LogP contribution < -0.4 is 10.6 Å². The minimum Gasteiger partial charge on any atom is -0.363 e. The molecule has 1 unspecified atom stereocenters. The van der Waals surface area contributed by atoms with Gasteiger partial charge in [0.25, 0.3) is 0 Å². The van der Waals surface area contributed by atoms with Gasteiger partial charge in [0.05, 0.1) is 0 Å². The van der Waals surface area contributed by atoms with Crippen molar-refractivity contribution in [2.45, 2.75) is 31.7 Å². The second-order valence-electron chi connectivity index (χ2n) is 3.78. The summed E-state index contributed by atoms with van der Waals surface area (Å²) in [5, 5.41) is 3.98. The van der Waals surface area contributed by atoms with E-state index in [0.717, 1.165) is 25.3 Å². The van der Waals surface area contributed by atoms with Gasteiger partial charge in [0.1, 0.15) is 6.26 Å². The average molecular weight is 195 g/mol. The van der Waals surface area contributed by atoms with E-state index in [1.807, 2.05) is 6.07 Å². The maximum absolute atomic E-state index is 5.60. The van der Waals surface area contributed by atoms with Crippen molar-refractivity contribution < 1.29 is 4.52 Å². The van der Waals surface area contributed by atoms with Gasteiger partial charge in [-0.1, -0.05) is 5.16 Å². The summed E-state index contributed by atoms with van der Waals surface area (Å²) in [6, 6.07) is 2.48. The average Bonchev–Trinajstić information content (AvgIpc) is 2.72. The van der Waals surface area contributed by atoms with E-state index in [0.29, 0.717) is 6.04 Å². The second-order valence-corrected chi connectivity index (χ2v) is 3.78. The molecule has 4 nitrogen and oxygen atoms in total. The molecule has 0 saturated carbocycles. The van der Waals surface area contributed by atoms with Gasteiger partial charge >= 0.3 is 0 Å². The van der Waals surface area contributed by atoms with Crippen LogP contribution in [0.25, 0.3) is 0 Å². The molecule has 1 aliphatic rings. The summed E-state index contributed by atoms with van der Waals surface area (Å²) in [4.78, 5) is 2.32. The molecule has 1 saturated heterocycles. The Morgan fingerprint density at radius 3 is 3.21 bits per heavy atom. The molecular weight excluding hydrogens is 178 g/mol. The lowest BCUT2D eigenvalue weighted by Crippen LogP contribution is -2.40. The molecule has 2 heterocycles. The summed E-state index contributed by atoms with van der Waals surface area (Å²) in [7, 11) is 0. The number of piperidine rings is 1. The standard InChI is InChI=1S/C10H17N3O/c11-6-4-9-3-1-2-7-13(9)10-5-8-14-12-10/h5,8-9H,1-4,6-7,11H2. The molecule has 1 aliphatic heterocycles. The normalized spacial score (nSPS) is 22.6. The Labute approximate surface area is 84.0 Å². The maximum atomic E-state index is 5.60. The van der Waals surface area contributed by atoms with E-state index < -0.39 is 0 Å². The Morgan fingerprint density at radius 1 is 1.57 bits per heavy atom. The van der Waals surface area contributed by atoms with E-state index in [1.165, 1.54) is 19.3 Å². The minimum absolute atomic E-state index is 0.554. The molecule has 0 bridgehead atoms. The summed E-state index contributed by atoms with van der Waals surface area (Å²) >= 11 is 0. The quantitative estimate of drug-likeness (QED) is 0.791. The summed E-state index contributed by atoms with van der Waals surface area (Å²) in [5.74, 6) is 0.961. The van der Waals surface area contributed by atoms with Crippen molar-refractivity contribution in [3.05, 3.63) is 12.3 Å². The molecule has 78 valence electrons. The molecule has 2 N–H and O–H groups in total. The first-order chi connectivity index (χ1) is 6.92. The van der Waals surface area contributed by atoms with Crippen LogP contribution in [0.2, 0.25) is 0 Å². The van der Waals surface area contributed by atoms with Crippen LogP contribution in [0, 0.1) is 0 Å². The minimum atomic E-state index is 0.554. The third kappa shape index (κ3) is 1.90. The van der Waals surface area contributed by atoms with Gasteiger partial charge in [-0.15, -0.1) is 0 Å². The van der Waals surface area contributed by atoms with Crippen molar-refractivity contribution in [3.8, 4) is 0 Å². The Bertz CT molecular complexity index is 258. The highest BCUT2D eigenvalue weighted by molar-refractivity contribution is 5.37. The Hall–Kier alpha value is -1.03. The topological polar surface area (TPSA) is 55.3 Å². The van der Waals surface area contributed by atoms with Gasteiger partial charge in [0, 0.05) is 18.7 Å². The summed E-state index contributed by atoms with van der Waals surface area (Å²) in [5.41, 5.74) is 5.60. The van der Waals surface area contributed by atoms with Crippen LogP contribution >= 0.6 is 0 Å². The molecule has 1 fully saturated rings. The number of nitrogens with zero attached hydrogens (tertiary/aromatic N) is 2. The first kappa shape index (κ1) is 9.52. The first-order valence-electron chi connectivity index (χ1n) is 5.29.